The molecule has 1 aliphatic carbocycles. The van der Waals surface area contributed by atoms with Crippen molar-refractivity contribution in [1.82, 2.24) is 9.55 Å². The third-order valence-electron chi connectivity index (χ3n) is 5.44. The van der Waals surface area contributed by atoms with Gasteiger partial charge in [0.05, 0.1) is 16.6 Å². The summed E-state index contributed by atoms with van der Waals surface area (Å²) in [4.78, 5) is 8.25. The molecule has 2 atom stereocenters. The van der Waals surface area contributed by atoms with Crippen LogP contribution in [0.1, 0.15) is 37.3 Å². The van der Waals surface area contributed by atoms with Crippen LogP contribution in [0.4, 0.5) is 8.78 Å². The van der Waals surface area contributed by atoms with Gasteiger partial charge in [-0.1, -0.05) is 12.1 Å². The molecule has 0 radical (unpaired) electrons. The molecule has 0 aliphatic heterocycles. The molecule has 1 heterocycles. The van der Waals surface area contributed by atoms with Crippen molar-refractivity contribution in [3.63, 3.8) is 0 Å². The Morgan fingerprint density at radius 1 is 1.21 bits per heavy atom. The first-order chi connectivity index (χ1) is 14.0. The van der Waals surface area contributed by atoms with Crippen LogP contribution in [0, 0.1) is 17.0 Å². The summed E-state index contributed by atoms with van der Waals surface area (Å²) in [5, 5.41) is 7.09. The van der Waals surface area contributed by atoms with E-state index in [1.165, 1.54) is 12.1 Å². The first kappa shape index (κ1) is 19.2. The molecule has 2 aromatic carbocycles. The third-order valence-corrected chi connectivity index (χ3v) is 5.44. The summed E-state index contributed by atoms with van der Waals surface area (Å²) in [6.45, 7) is 0. The van der Waals surface area contributed by atoms with Gasteiger partial charge in [0.15, 0.2) is 5.82 Å². The zero-order valence-corrected chi connectivity index (χ0v) is 15.8. The largest absolute Gasteiger partial charge is 0.383 e. The van der Waals surface area contributed by atoms with Gasteiger partial charge >= 0.3 is 0 Å². The first-order valence-electron chi connectivity index (χ1n) is 9.54. The molecule has 4 rings (SSSR count). The van der Waals surface area contributed by atoms with Crippen LogP contribution in [0.5, 0.6) is 0 Å². The predicted octanol–water partition coefficient (Wildman–Crippen LogP) is 3.74. The lowest BCUT2D eigenvalue weighted by Gasteiger charge is -2.29. The van der Waals surface area contributed by atoms with Gasteiger partial charge in [-0.05, 0) is 49.9 Å². The molecule has 0 spiro atoms. The van der Waals surface area contributed by atoms with Crippen LogP contribution in [0.15, 0.2) is 41.4 Å². The SMILES string of the molecule is N=CN=C(N)c1ccc2nc(-c3ccccc3F)n(C3CCCC(N)C3)c2c1F. The van der Waals surface area contributed by atoms with E-state index in [0.29, 0.717) is 23.3 Å². The number of nitrogens with two attached hydrogens (primary N) is 2. The van der Waals surface area contributed by atoms with Crippen molar-refractivity contribution in [3.05, 3.63) is 53.6 Å². The molecule has 3 aromatic rings. The van der Waals surface area contributed by atoms with E-state index in [2.05, 4.69) is 9.98 Å². The van der Waals surface area contributed by atoms with Crippen molar-refractivity contribution >= 4 is 23.2 Å². The molecule has 0 saturated heterocycles. The Labute approximate surface area is 166 Å². The molecule has 6 nitrogen and oxygen atoms in total. The average molecular weight is 396 g/mol. The van der Waals surface area contributed by atoms with Crippen LogP contribution in [-0.4, -0.2) is 27.8 Å². The van der Waals surface area contributed by atoms with Crippen LogP contribution in [0.3, 0.4) is 0 Å². The van der Waals surface area contributed by atoms with Crippen molar-refractivity contribution in [2.24, 2.45) is 16.5 Å². The summed E-state index contributed by atoms with van der Waals surface area (Å²) in [7, 11) is 0. The molecule has 1 fully saturated rings. The number of nitrogens with one attached hydrogen (secondary N) is 1. The first-order valence-corrected chi connectivity index (χ1v) is 9.54. The molecule has 1 aromatic heterocycles. The van der Waals surface area contributed by atoms with E-state index in [1.807, 2.05) is 0 Å². The second kappa shape index (κ2) is 7.71. The van der Waals surface area contributed by atoms with Crippen molar-refractivity contribution in [3.8, 4) is 11.4 Å². The summed E-state index contributed by atoms with van der Waals surface area (Å²) in [5.74, 6) is -0.731. The van der Waals surface area contributed by atoms with Gasteiger partial charge in [-0.2, -0.15) is 0 Å². The van der Waals surface area contributed by atoms with Gasteiger partial charge in [-0.15, -0.1) is 0 Å². The number of imidazole rings is 1. The number of hydrogen-bond donors (Lipinski definition) is 3. The third kappa shape index (κ3) is 3.40. The number of aliphatic imine (C=N–C) groups is 1. The molecule has 2 unspecified atom stereocenters. The normalized spacial score (nSPS) is 20.2. The van der Waals surface area contributed by atoms with Crippen LogP contribution >= 0.6 is 0 Å². The second-order valence-electron chi connectivity index (χ2n) is 7.30. The van der Waals surface area contributed by atoms with Crippen LogP contribution < -0.4 is 11.5 Å². The highest BCUT2D eigenvalue weighted by atomic mass is 19.1. The van der Waals surface area contributed by atoms with E-state index in [4.69, 9.17) is 16.9 Å². The smallest absolute Gasteiger partial charge is 0.160 e. The molecule has 1 aliphatic rings. The standard InChI is InChI=1S/C21H22F2N6/c22-16-7-2-1-6-14(16)21-28-17-9-8-15(20(26)27-11-24)18(23)19(17)29(21)13-5-3-4-12(25)10-13/h1-2,6-9,11-13H,3-5,10,25H2,(H3,24,26,27). The van der Waals surface area contributed by atoms with Gasteiger partial charge in [0, 0.05) is 12.1 Å². The number of halogens is 2. The molecule has 8 heteroatoms. The van der Waals surface area contributed by atoms with Crippen molar-refractivity contribution in [2.45, 2.75) is 37.8 Å². The fourth-order valence-corrected chi connectivity index (χ4v) is 4.11. The predicted molar refractivity (Wildman–Crippen MR) is 110 cm³/mol. The van der Waals surface area contributed by atoms with Crippen molar-refractivity contribution < 1.29 is 8.78 Å². The summed E-state index contributed by atoms with van der Waals surface area (Å²) in [5.41, 5.74) is 13.1. The lowest BCUT2D eigenvalue weighted by Crippen LogP contribution is -2.30. The van der Waals surface area contributed by atoms with Gasteiger partial charge in [0.2, 0.25) is 0 Å². The number of benzene rings is 2. The fraction of sp³-hybridized carbons (Fsp3) is 0.286. The highest BCUT2D eigenvalue weighted by Crippen LogP contribution is 2.37. The van der Waals surface area contributed by atoms with Gasteiger partial charge in [0.25, 0.3) is 0 Å². The van der Waals surface area contributed by atoms with Crippen LogP contribution in [-0.2, 0) is 0 Å². The van der Waals surface area contributed by atoms with Gasteiger partial charge in [-0.25, -0.2) is 18.8 Å². The highest BCUT2D eigenvalue weighted by Gasteiger charge is 2.28. The zero-order chi connectivity index (χ0) is 20.5. The lowest BCUT2D eigenvalue weighted by atomic mass is 9.91. The Bertz CT molecular complexity index is 1100. The molecular weight excluding hydrogens is 374 g/mol. The maximum absolute atomic E-state index is 15.6. The monoisotopic (exact) mass is 396 g/mol. The van der Waals surface area contributed by atoms with E-state index in [0.717, 1.165) is 25.6 Å². The number of amidine groups is 1. The minimum Gasteiger partial charge on any atom is -0.383 e. The number of aromatic nitrogens is 2. The fourth-order valence-electron chi connectivity index (χ4n) is 4.11. The molecule has 1 saturated carbocycles. The number of rotatable bonds is 4. The van der Waals surface area contributed by atoms with Gasteiger partial charge in [0.1, 0.15) is 29.3 Å². The summed E-state index contributed by atoms with van der Waals surface area (Å²) < 4.78 is 31.9. The minimum atomic E-state index is -0.583. The zero-order valence-electron chi connectivity index (χ0n) is 15.8. The summed E-state index contributed by atoms with van der Waals surface area (Å²) >= 11 is 0. The molecular formula is C21H22F2N6. The van der Waals surface area contributed by atoms with Gasteiger partial charge in [-0.3, -0.25) is 5.41 Å². The average Bonchev–Trinajstić information content (AvgIpc) is 3.09. The van der Waals surface area contributed by atoms with E-state index < -0.39 is 11.6 Å². The molecule has 150 valence electrons. The van der Waals surface area contributed by atoms with Crippen LogP contribution in [0.2, 0.25) is 0 Å². The van der Waals surface area contributed by atoms with Crippen molar-refractivity contribution in [2.75, 3.05) is 0 Å². The molecule has 5 N–H and O–H groups in total. The molecule has 0 amide bonds. The topological polar surface area (TPSA) is 106 Å². The number of nitrogens with zero attached hydrogens (tertiary/aromatic N) is 3. The molecule has 0 bridgehead atoms. The van der Waals surface area contributed by atoms with Crippen molar-refractivity contribution in [1.29, 1.82) is 5.41 Å². The Balaban J connectivity index is 2.01. The summed E-state index contributed by atoms with van der Waals surface area (Å²) in [6.07, 6.45) is 4.03. The number of hydrogen-bond acceptors (Lipinski definition) is 3. The van der Waals surface area contributed by atoms with E-state index >= 15 is 4.39 Å². The van der Waals surface area contributed by atoms with E-state index in [1.54, 1.807) is 28.8 Å². The lowest BCUT2D eigenvalue weighted by molar-refractivity contribution is 0.325. The minimum absolute atomic E-state index is 0.00420. The quantitative estimate of drug-likeness (QED) is 0.462. The van der Waals surface area contributed by atoms with E-state index in [-0.39, 0.29) is 29.0 Å². The maximum Gasteiger partial charge on any atom is 0.160 e. The Kier molecular flexibility index (Phi) is 5.10. The van der Waals surface area contributed by atoms with Crippen LogP contribution in [0.25, 0.3) is 22.4 Å². The Morgan fingerprint density at radius 2 is 2.00 bits per heavy atom. The molecule has 29 heavy (non-hydrogen) atoms. The maximum atomic E-state index is 15.6. The Morgan fingerprint density at radius 3 is 2.72 bits per heavy atom. The second-order valence-corrected chi connectivity index (χ2v) is 7.30. The van der Waals surface area contributed by atoms with Gasteiger partial charge < -0.3 is 16.0 Å². The highest BCUT2D eigenvalue weighted by molar-refractivity contribution is 6.03. The number of fused-ring (bicyclic) bond motifs is 1. The Hall–Kier alpha value is -3.13. The summed E-state index contributed by atoms with van der Waals surface area (Å²) in [6, 6.07) is 9.35. The van der Waals surface area contributed by atoms with E-state index in [9.17, 15) is 4.39 Å².